The molecule has 1 heterocycles. The highest BCUT2D eigenvalue weighted by molar-refractivity contribution is 7.90. The molecule has 2 aromatic rings. The van der Waals surface area contributed by atoms with E-state index in [9.17, 15) is 13.2 Å². The van der Waals surface area contributed by atoms with E-state index in [0.29, 0.717) is 5.56 Å². The zero-order valence-electron chi connectivity index (χ0n) is 11.0. The van der Waals surface area contributed by atoms with Crippen LogP contribution in [0.4, 0.5) is 0 Å². The van der Waals surface area contributed by atoms with Gasteiger partial charge in [0.15, 0.2) is 16.2 Å². The first-order valence-electron chi connectivity index (χ1n) is 5.84. The largest absolute Gasteiger partial charge is 0.460 e. The molecule has 0 saturated heterocycles. The lowest BCUT2D eigenvalue weighted by Crippen LogP contribution is -2.05. The smallest absolute Gasteiger partial charge is 0.376 e. The summed E-state index contributed by atoms with van der Waals surface area (Å²) >= 11 is 0. The SMILES string of the molecule is CCOC(=O)c1ocnc1-c1cccc(S(C)(=O)=O)c1. The fourth-order valence-corrected chi connectivity index (χ4v) is 2.33. The Bertz CT molecular complexity index is 733. The molecule has 0 radical (unpaired) electrons. The van der Waals surface area contributed by atoms with Crippen LogP contribution in [0.3, 0.4) is 0 Å². The Morgan fingerprint density at radius 1 is 1.40 bits per heavy atom. The topological polar surface area (TPSA) is 86.5 Å². The zero-order chi connectivity index (χ0) is 14.8. The van der Waals surface area contributed by atoms with Crippen LogP contribution in [0.25, 0.3) is 11.3 Å². The van der Waals surface area contributed by atoms with E-state index in [2.05, 4.69) is 4.98 Å². The van der Waals surface area contributed by atoms with E-state index in [1.165, 1.54) is 12.1 Å². The molecule has 2 rings (SSSR count). The fraction of sp³-hybridized carbons (Fsp3) is 0.231. The van der Waals surface area contributed by atoms with Crippen molar-refractivity contribution >= 4 is 15.8 Å². The van der Waals surface area contributed by atoms with Crippen molar-refractivity contribution in [2.45, 2.75) is 11.8 Å². The summed E-state index contributed by atoms with van der Waals surface area (Å²) in [6.45, 7) is 1.89. The van der Waals surface area contributed by atoms with E-state index in [1.54, 1.807) is 19.1 Å². The number of rotatable bonds is 4. The number of carbonyl (C=O) groups is 1. The number of carbonyl (C=O) groups excluding carboxylic acids is 1. The molecule has 1 aromatic carbocycles. The predicted octanol–water partition coefficient (Wildman–Crippen LogP) is 1.92. The first kappa shape index (κ1) is 14.3. The first-order chi connectivity index (χ1) is 9.43. The summed E-state index contributed by atoms with van der Waals surface area (Å²) < 4.78 is 33.0. The highest BCUT2D eigenvalue weighted by Gasteiger charge is 2.20. The molecule has 7 heteroatoms. The summed E-state index contributed by atoms with van der Waals surface area (Å²) in [4.78, 5) is 15.8. The normalized spacial score (nSPS) is 11.3. The minimum atomic E-state index is -3.33. The van der Waals surface area contributed by atoms with Gasteiger partial charge in [-0.2, -0.15) is 0 Å². The van der Waals surface area contributed by atoms with Gasteiger partial charge in [0.05, 0.1) is 11.5 Å². The van der Waals surface area contributed by atoms with E-state index in [-0.39, 0.29) is 23.0 Å². The maximum absolute atomic E-state index is 11.7. The van der Waals surface area contributed by atoms with Gasteiger partial charge in [-0.15, -0.1) is 0 Å². The highest BCUT2D eigenvalue weighted by Crippen LogP contribution is 2.25. The van der Waals surface area contributed by atoms with E-state index in [0.717, 1.165) is 12.6 Å². The number of aromatic nitrogens is 1. The Balaban J connectivity index is 2.48. The molecule has 0 aliphatic rings. The van der Waals surface area contributed by atoms with E-state index in [4.69, 9.17) is 9.15 Å². The number of oxazole rings is 1. The lowest BCUT2D eigenvalue weighted by Gasteiger charge is -2.03. The number of nitrogens with zero attached hydrogens (tertiary/aromatic N) is 1. The quantitative estimate of drug-likeness (QED) is 0.801. The summed E-state index contributed by atoms with van der Waals surface area (Å²) in [5.74, 6) is -0.678. The van der Waals surface area contributed by atoms with Gasteiger partial charge in [0.2, 0.25) is 5.76 Å². The Kier molecular flexibility index (Phi) is 3.89. The molecule has 0 atom stereocenters. The third-order valence-corrected chi connectivity index (χ3v) is 3.67. The number of sulfone groups is 1. The van der Waals surface area contributed by atoms with Crippen LogP contribution in [0.1, 0.15) is 17.5 Å². The summed E-state index contributed by atoms with van der Waals surface area (Å²) in [5.41, 5.74) is 0.735. The van der Waals surface area contributed by atoms with Crippen molar-refractivity contribution in [1.82, 2.24) is 4.98 Å². The van der Waals surface area contributed by atoms with Crippen molar-refractivity contribution in [1.29, 1.82) is 0 Å². The molecular formula is C13H13NO5S. The second kappa shape index (κ2) is 5.46. The molecule has 0 N–H and O–H groups in total. The molecular weight excluding hydrogens is 282 g/mol. The van der Waals surface area contributed by atoms with Crippen molar-refractivity contribution in [2.75, 3.05) is 12.9 Å². The fourth-order valence-electron chi connectivity index (χ4n) is 1.67. The number of ether oxygens (including phenoxy) is 1. The van der Waals surface area contributed by atoms with Gasteiger partial charge >= 0.3 is 5.97 Å². The predicted molar refractivity (Wildman–Crippen MR) is 71.0 cm³/mol. The Labute approximate surface area is 116 Å². The maximum atomic E-state index is 11.7. The third-order valence-electron chi connectivity index (χ3n) is 2.56. The van der Waals surface area contributed by atoms with Gasteiger partial charge in [-0.05, 0) is 19.1 Å². The highest BCUT2D eigenvalue weighted by atomic mass is 32.2. The molecule has 0 unspecified atom stereocenters. The number of benzene rings is 1. The van der Waals surface area contributed by atoms with E-state index >= 15 is 0 Å². The van der Waals surface area contributed by atoms with Crippen molar-refractivity contribution in [3.8, 4) is 11.3 Å². The van der Waals surface area contributed by atoms with Gasteiger partial charge in [-0.3, -0.25) is 0 Å². The molecule has 0 amide bonds. The summed E-state index contributed by atoms with van der Waals surface area (Å²) in [6.07, 6.45) is 2.23. The second-order valence-electron chi connectivity index (χ2n) is 4.05. The number of esters is 1. The lowest BCUT2D eigenvalue weighted by atomic mass is 10.1. The first-order valence-corrected chi connectivity index (χ1v) is 7.73. The van der Waals surface area contributed by atoms with Crippen LogP contribution in [-0.4, -0.2) is 32.2 Å². The van der Waals surface area contributed by atoms with Crippen LogP contribution < -0.4 is 0 Å². The molecule has 0 aliphatic carbocycles. The van der Waals surface area contributed by atoms with Gasteiger partial charge in [0.25, 0.3) is 0 Å². The van der Waals surface area contributed by atoms with Gasteiger partial charge in [-0.1, -0.05) is 12.1 Å². The monoisotopic (exact) mass is 295 g/mol. The van der Waals surface area contributed by atoms with E-state index < -0.39 is 15.8 Å². The van der Waals surface area contributed by atoms with Crippen LogP contribution in [0, 0.1) is 0 Å². The van der Waals surface area contributed by atoms with Crippen LogP contribution in [0.5, 0.6) is 0 Å². The van der Waals surface area contributed by atoms with Gasteiger partial charge in [0, 0.05) is 11.8 Å². The minimum absolute atomic E-state index is 0.0440. The van der Waals surface area contributed by atoms with Crippen LogP contribution in [-0.2, 0) is 14.6 Å². The Morgan fingerprint density at radius 2 is 2.15 bits per heavy atom. The van der Waals surface area contributed by atoms with Crippen molar-refractivity contribution in [3.63, 3.8) is 0 Å². The standard InChI is InChI=1S/C13H13NO5S/c1-3-18-13(15)12-11(14-8-19-12)9-5-4-6-10(7-9)20(2,16)17/h4-8H,3H2,1-2H3. The van der Waals surface area contributed by atoms with Gasteiger partial charge in [-0.25, -0.2) is 18.2 Å². The molecule has 0 saturated carbocycles. The molecule has 0 fully saturated rings. The second-order valence-corrected chi connectivity index (χ2v) is 6.07. The van der Waals surface area contributed by atoms with Crippen molar-refractivity contribution < 1.29 is 22.4 Å². The molecule has 1 aromatic heterocycles. The van der Waals surface area contributed by atoms with Crippen LogP contribution in [0.15, 0.2) is 40.0 Å². The minimum Gasteiger partial charge on any atom is -0.460 e. The van der Waals surface area contributed by atoms with E-state index in [1.807, 2.05) is 0 Å². The molecule has 20 heavy (non-hydrogen) atoms. The molecule has 0 bridgehead atoms. The number of hydrogen-bond acceptors (Lipinski definition) is 6. The van der Waals surface area contributed by atoms with Crippen LogP contribution >= 0.6 is 0 Å². The summed E-state index contributed by atoms with van der Waals surface area (Å²) in [7, 11) is -3.33. The molecule has 0 aliphatic heterocycles. The molecule has 0 spiro atoms. The van der Waals surface area contributed by atoms with Gasteiger partial charge < -0.3 is 9.15 Å². The average Bonchev–Trinajstić information content (AvgIpc) is 2.87. The third kappa shape index (κ3) is 2.88. The zero-order valence-corrected chi connectivity index (χ0v) is 11.8. The average molecular weight is 295 g/mol. The lowest BCUT2D eigenvalue weighted by molar-refractivity contribution is 0.0491. The van der Waals surface area contributed by atoms with Gasteiger partial charge in [0.1, 0.15) is 5.69 Å². The Hall–Kier alpha value is -2.15. The summed E-state index contributed by atoms with van der Waals surface area (Å²) in [6, 6.07) is 6.14. The van der Waals surface area contributed by atoms with Crippen LogP contribution in [0.2, 0.25) is 0 Å². The Morgan fingerprint density at radius 3 is 2.80 bits per heavy atom. The summed E-state index contributed by atoms with van der Waals surface area (Å²) in [5, 5.41) is 0. The molecule has 6 nitrogen and oxygen atoms in total. The van der Waals surface area contributed by atoms with Crippen molar-refractivity contribution in [3.05, 3.63) is 36.4 Å². The molecule has 106 valence electrons. The van der Waals surface area contributed by atoms with Crippen molar-refractivity contribution in [2.24, 2.45) is 0 Å². The maximum Gasteiger partial charge on any atom is 0.376 e. The number of hydrogen-bond donors (Lipinski definition) is 0.